The maximum Gasteiger partial charge on any atom is 0.263 e. The maximum atomic E-state index is 12.7. The third-order valence-electron chi connectivity index (χ3n) is 4.15. The second-order valence-corrected chi connectivity index (χ2v) is 5.82. The predicted octanol–water partition coefficient (Wildman–Crippen LogP) is 3.49. The van der Waals surface area contributed by atoms with Crippen molar-refractivity contribution in [1.82, 2.24) is 9.96 Å². The fraction of sp³-hybridized carbons (Fsp3) is 0.350. The van der Waals surface area contributed by atoms with Gasteiger partial charge in [-0.3, -0.25) is 14.5 Å². The number of nitrogens with zero attached hydrogens (tertiary/aromatic N) is 2. The standard InChI is InChI=1S/C20H26N2O2/c1-4-19(20(23)21(2)24-3)22(15-17-11-7-5-8-12-17)16-18-13-9-6-10-14-18/h5-14,19H,4,15-16H2,1-3H3/t19-/m1/s1. The largest absolute Gasteiger partial charge is 0.283 e. The van der Waals surface area contributed by atoms with Gasteiger partial charge in [-0.1, -0.05) is 67.6 Å². The Hall–Kier alpha value is -2.17. The molecule has 2 rings (SSSR count). The Labute approximate surface area is 144 Å². The molecule has 0 saturated heterocycles. The molecule has 0 aliphatic rings. The van der Waals surface area contributed by atoms with Crippen LogP contribution in [0.25, 0.3) is 0 Å². The van der Waals surface area contributed by atoms with Crippen LogP contribution in [-0.4, -0.2) is 36.1 Å². The molecule has 0 N–H and O–H groups in total. The van der Waals surface area contributed by atoms with E-state index in [4.69, 9.17) is 4.84 Å². The minimum atomic E-state index is -0.227. The van der Waals surface area contributed by atoms with Crippen LogP contribution in [0.5, 0.6) is 0 Å². The van der Waals surface area contributed by atoms with Crippen molar-refractivity contribution in [1.29, 1.82) is 0 Å². The van der Waals surface area contributed by atoms with Crippen molar-refractivity contribution < 1.29 is 9.63 Å². The zero-order chi connectivity index (χ0) is 17.4. The molecule has 1 atom stereocenters. The van der Waals surface area contributed by atoms with Crippen molar-refractivity contribution in [2.24, 2.45) is 0 Å². The Bertz CT molecular complexity index is 575. The van der Waals surface area contributed by atoms with E-state index in [1.165, 1.54) is 23.3 Å². The lowest BCUT2D eigenvalue weighted by molar-refractivity contribution is -0.175. The highest BCUT2D eigenvalue weighted by Gasteiger charge is 2.27. The number of rotatable bonds is 8. The maximum absolute atomic E-state index is 12.7. The molecule has 4 heteroatoms. The first-order valence-corrected chi connectivity index (χ1v) is 8.29. The smallest absolute Gasteiger partial charge is 0.263 e. The number of hydroxylamine groups is 2. The third kappa shape index (κ3) is 4.91. The molecule has 0 aliphatic heterocycles. The van der Waals surface area contributed by atoms with Crippen LogP contribution in [0.1, 0.15) is 24.5 Å². The van der Waals surface area contributed by atoms with E-state index in [2.05, 4.69) is 29.2 Å². The number of hydrogen-bond donors (Lipinski definition) is 0. The monoisotopic (exact) mass is 326 g/mol. The van der Waals surface area contributed by atoms with E-state index in [0.29, 0.717) is 0 Å². The van der Waals surface area contributed by atoms with Crippen LogP contribution in [0.4, 0.5) is 0 Å². The van der Waals surface area contributed by atoms with Crippen LogP contribution in [0, 0.1) is 0 Å². The Balaban J connectivity index is 2.24. The molecule has 0 radical (unpaired) electrons. The van der Waals surface area contributed by atoms with Gasteiger partial charge < -0.3 is 0 Å². The van der Waals surface area contributed by atoms with Gasteiger partial charge in [0.25, 0.3) is 5.91 Å². The molecule has 4 nitrogen and oxygen atoms in total. The molecule has 0 fully saturated rings. The minimum absolute atomic E-state index is 0.0214. The minimum Gasteiger partial charge on any atom is -0.283 e. The predicted molar refractivity (Wildman–Crippen MR) is 96.0 cm³/mol. The number of likely N-dealkylation sites (N-methyl/N-ethyl adjacent to an activating group) is 1. The average Bonchev–Trinajstić information content (AvgIpc) is 2.63. The van der Waals surface area contributed by atoms with Gasteiger partial charge in [-0.2, -0.15) is 0 Å². The molecule has 0 aromatic heterocycles. The molecule has 0 spiro atoms. The zero-order valence-electron chi connectivity index (χ0n) is 14.7. The van der Waals surface area contributed by atoms with Gasteiger partial charge in [0.05, 0.1) is 13.2 Å². The van der Waals surface area contributed by atoms with Crippen molar-refractivity contribution >= 4 is 5.91 Å². The molecule has 0 heterocycles. The molecular weight excluding hydrogens is 300 g/mol. The second kappa shape index (κ2) is 9.21. The fourth-order valence-corrected chi connectivity index (χ4v) is 2.80. The summed E-state index contributed by atoms with van der Waals surface area (Å²) in [5, 5.41) is 1.32. The highest BCUT2D eigenvalue weighted by Crippen LogP contribution is 2.17. The average molecular weight is 326 g/mol. The van der Waals surface area contributed by atoms with E-state index in [-0.39, 0.29) is 11.9 Å². The summed E-state index contributed by atoms with van der Waals surface area (Å²) in [4.78, 5) is 20.0. The Kier molecular flexibility index (Phi) is 6.97. The second-order valence-electron chi connectivity index (χ2n) is 5.82. The SMILES string of the molecule is CC[C@H](C(=O)N(C)OC)N(Cc1ccccc1)Cc1ccccc1. The summed E-state index contributed by atoms with van der Waals surface area (Å²) in [6.07, 6.45) is 0.728. The summed E-state index contributed by atoms with van der Waals surface area (Å²) in [7, 11) is 3.18. The summed E-state index contributed by atoms with van der Waals surface area (Å²) in [5.74, 6) is -0.0214. The van der Waals surface area contributed by atoms with Gasteiger partial charge >= 0.3 is 0 Å². The van der Waals surface area contributed by atoms with Crippen LogP contribution in [-0.2, 0) is 22.7 Å². The van der Waals surface area contributed by atoms with Crippen LogP contribution in [0.3, 0.4) is 0 Å². The number of carbonyl (C=O) groups excluding carboxylic acids is 1. The molecule has 0 aliphatic carbocycles. The van der Waals surface area contributed by atoms with Crippen LogP contribution >= 0.6 is 0 Å². The summed E-state index contributed by atoms with van der Waals surface area (Å²) in [5.41, 5.74) is 2.39. The van der Waals surface area contributed by atoms with Crippen molar-refractivity contribution in [2.75, 3.05) is 14.2 Å². The van der Waals surface area contributed by atoms with Gasteiger partial charge in [0.2, 0.25) is 0 Å². The fourth-order valence-electron chi connectivity index (χ4n) is 2.80. The molecule has 24 heavy (non-hydrogen) atoms. The topological polar surface area (TPSA) is 32.8 Å². The number of hydrogen-bond acceptors (Lipinski definition) is 3. The molecule has 2 aromatic carbocycles. The van der Waals surface area contributed by atoms with Crippen molar-refractivity contribution in [2.45, 2.75) is 32.5 Å². The van der Waals surface area contributed by atoms with Crippen LogP contribution in [0.2, 0.25) is 0 Å². The van der Waals surface area contributed by atoms with E-state index in [0.717, 1.165) is 19.5 Å². The molecule has 1 amide bonds. The molecule has 0 saturated carbocycles. The lowest BCUT2D eigenvalue weighted by Crippen LogP contribution is -2.46. The molecule has 2 aromatic rings. The normalized spacial score (nSPS) is 12.2. The van der Waals surface area contributed by atoms with Gasteiger partial charge in [0, 0.05) is 20.1 Å². The quantitative estimate of drug-likeness (QED) is 0.696. The van der Waals surface area contributed by atoms with Crippen LogP contribution < -0.4 is 0 Å². The number of carbonyl (C=O) groups is 1. The summed E-state index contributed by atoms with van der Waals surface area (Å²) in [6, 6.07) is 20.3. The highest BCUT2D eigenvalue weighted by atomic mass is 16.7. The molecular formula is C20H26N2O2. The number of benzene rings is 2. The molecule has 0 bridgehead atoms. The first-order valence-electron chi connectivity index (χ1n) is 8.29. The zero-order valence-corrected chi connectivity index (χ0v) is 14.7. The lowest BCUT2D eigenvalue weighted by atomic mass is 10.1. The van der Waals surface area contributed by atoms with Gasteiger partial charge in [-0.05, 0) is 17.5 Å². The van der Waals surface area contributed by atoms with Crippen molar-refractivity contribution in [3.63, 3.8) is 0 Å². The van der Waals surface area contributed by atoms with E-state index in [9.17, 15) is 4.79 Å². The molecule has 128 valence electrons. The van der Waals surface area contributed by atoms with Gasteiger partial charge in [-0.15, -0.1) is 0 Å². The van der Waals surface area contributed by atoms with E-state index < -0.39 is 0 Å². The van der Waals surface area contributed by atoms with E-state index in [1.807, 2.05) is 43.3 Å². The van der Waals surface area contributed by atoms with Gasteiger partial charge in [0.1, 0.15) is 0 Å². The van der Waals surface area contributed by atoms with Crippen molar-refractivity contribution in [3.8, 4) is 0 Å². The Morgan fingerprint density at radius 1 is 0.958 bits per heavy atom. The Morgan fingerprint density at radius 3 is 1.79 bits per heavy atom. The van der Waals surface area contributed by atoms with Gasteiger partial charge in [0.15, 0.2) is 0 Å². The van der Waals surface area contributed by atoms with Gasteiger partial charge in [-0.25, -0.2) is 5.06 Å². The lowest BCUT2D eigenvalue weighted by Gasteiger charge is -2.32. The first kappa shape index (κ1) is 18.2. The first-order chi connectivity index (χ1) is 11.7. The van der Waals surface area contributed by atoms with E-state index in [1.54, 1.807) is 7.05 Å². The third-order valence-corrected chi connectivity index (χ3v) is 4.15. The summed E-state index contributed by atoms with van der Waals surface area (Å²) >= 11 is 0. The van der Waals surface area contributed by atoms with E-state index >= 15 is 0 Å². The Morgan fingerprint density at radius 2 is 1.42 bits per heavy atom. The van der Waals surface area contributed by atoms with Crippen molar-refractivity contribution in [3.05, 3.63) is 71.8 Å². The summed E-state index contributed by atoms with van der Waals surface area (Å²) < 4.78 is 0. The highest BCUT2D eigenvalue weighted by molar-refractivity contribution is 5.80. The number of amides is 1. The summed E-state index contributed by atoms with van der Waals surface area (Å²) in [6.45, 7) is 3.48. The molecule has 0 unspecified atom stereocenters. The van der Waals surface area contributed by atoms with Crippen LogP contribution in [0.15, 0.2) is 60.7 Å².